The van der Waals surface area contributed by atoms with Gasteiger partial charge in [0.2, 0.25) is 6.79 Å². The molecular formula is C40H49N5O8. The second-order valence-electron chi connectivity index (χ2n) is 13.0. The number of nitrogens with zero attached hydrogens (tertiary/aromatic N) is 1. The summed E-state index contributed by atoms with van der Waals surface area (Å²) in [6, 6.07) is 13.1. The lowest BCUT2D eigenvalue weighted by Crippen LogP contribution is -2.31. The molecule has 13 nitrogen and oxygen atoms in total. The van der Waals surface area contributed by atoms with Crippen molar-refractivity contribution in [3.8, 4) is 16.9 Å². The zero-order valence-corrected chi connectivity index (χ0v) is 30.8. The summed E-state index contributed by atoms with van der Waals surface area (Å²) in [5, 5.41) is 16.9. The molecule has 1 aromatic heterocycles. The van der Waals surface area contributed by atoms with Crippen LogP contribution in [0, 0.1) is 17.2 Å². The van der Waals surface area contributed by atoms with Crippen LogP contribution in [0.4, 0.5) is 10.5 Å². The van der Waals surface area contributed by atoms with Crippen LogP contribution in [0.1, 0.15) is 97.0 Å². The molecule has 0 saturated heterocycles. The maximum Gasteiger partial charge on any atom is 0.412 e. The number of benzene rings is 2. The fourth-order valence-corrected chi connectivity index (χ4v) is 5.24. The number of amidine groups is 1. The molecule has 0 bridgehead atoms. The van der Waals surface area contributed by atoms with Gasteiger partial charge in [-0.15, -0.1) is 0 Å². The average Bonchev–Trinajstić information content (AvgIpc) is 3.98. The van der Waals surface area contributed by atoms with Gasteiger partial charge in [-0.05, 0) is 74.2 Å². The van der Waals surface area contributed by atoms with Crippen molar-refractivity contribution in [2.45, 2.75) is 65.8 Å². The third-order valence-electron chi connectivity index (χ3n) is 8.46. The van der Waals surface area contributed by atoms with Crippen molar-refractivity contribution in [3.63, 3.8) is 0 Å². The summed E-state index contributed by atoms with van der Waals surface area (Å²) in [7, 11) is 1.48. The summed E-state index contributed by atoms with van der Waals surface area (Å²) < 4.78 is 21.2. The van der Waals surface area contributed by atoms with Crippen LogP contribution in [0.3, 0.4) is 0 Å². The molecule has 2 aromatic carbocycles. The predicted molar refractivity (Wildman–Crippen MR) is 202 cm³/mol. The number of hydrogen-bond donors (Lipinski definition) is 4. The number of pyridine rings is 1. The van der Waals surface area contributed by atoms with Crippen LogP contribution in [0.5, 0.6) is 5.75 Å². The number of ether oxygens (including phenoxy) is 4. The zero-order chi connectivity index (χ0) is 38.3. The quantitative estimate of drug-likeness (QED) is 0.0327. The van der Waals surface area contributed by atoms with Crippen molar-refractivity contribution >= 4 is 41.5 Å². The third kappa shape index (κ3) is 12.0. The monoisotopic (exact) mass is 727 g/mol. The largest absolute Gasteiger partial charge is 0.496 e. The lowest BCUT2D eigenvalue weighted by atomic mass is 9.94. The van der Waals surface area contributed by atoms with Crippen LogP contribution in [0.25, 0.3) is 17.2 Å². The Morgan fingerprint density at radius 2 is 1.74 bits per heavy atom. The summed E-state index contributed by atoms with van der Waals surface area (Å²) in [6.45, 7) is 10.2. The summed E-state index contributed by atoms with van der Waals surface area (Å²) >= 11 is 0. The average molecular weight is 728 g/mol. The minimum absolute atomic E-state index is 0.0753. The van der Waals surface area contributed by atoms with Crippen LogP contribution in [-0.4, -0.2) is 61.8 Å². The van der Waals surface area contributed by atoms with E-state index in [4.69, 9.17) is 24.4 Å². The Morgan fingerprint density at radius 3 is 2.40 bits per heavy atom. The van der Waals surface area contributed by atoms with E-state index < -0.39 is 36.6 Å². The SMILES string of the molecule is C=Cc1cc(C(=O)Nc2ccc(C(=N)NC(=O)OCCCCCC)cc2)c(-c2ccc(CNCC3CC3)nc2C(=O)OCOC(=O)C(C)C)cc1OC. The number of anilines is 1. The molecule has 1 aliphatic rings. The van der Waals surface area contributed by atoms with E-state index in [9.17, 15) is 19.2 Å². The van der Waals surface area contributed by atoms with Crippen molar-refractivity contribution < 1.29 is 38.1 Å². The van der Waals surface area contributed by atoms with Crippen LogP contribution >= 0.6 is 0 Å². The predicted octanol–water partition coefficient (Wildman–Crippen LogP) is 7.10. The van der Waals surface area contributed by atoms with E-state index in [0.717, 1.165) is 32.2 Å². The molecule has 0 unspecified atom stereocenters. The number of unbranched alkanes of at least 4 members (excludes halogenated alkanes) is 3. The molecule has 1 heterocycles. The van der Waals surface area contributed by atoms with Crippen molar-refractivity contribution in [2.75, 3.05) is 32.4 Å². The lowest BCUT2D eigenvalue weighted by Gasteiger charge is -2.17. The Kier molecular flexibility index (Phi) is 15.1. The van der Waals surface area contributed by atoms with Gasteiger partial charge in [-0.1, -0.05) is 58.8 Å². The van der Waals surface area contributed by atoms with Gasteiger partial charge in [0.05, 0.1) is 25.3 Å². The maximum atomic E-state index is 14.0. The first kappa shape index (κ1) is 40.2. The molecule has 1 fully saturated rings. The van der Waals surface area contributed by atoms with E-state index in [1.165, 1.54) is 20.0 Å². The molecule has 282 valence electrons. The van der Waals surface area contributed by atoms with Crippen LogP contribution < -0.4 is 20.7 Å². The maximum absolute atomic E-state index is 14.0. The van der Waals surface area contributed by atoms with Gasteiger partial charge in [-0.3, -0.25) is 20.3 Å². The third-order valence-corrected chi connectivity index (χ3v) is 8.46. The number of rotatable bonds is 19. The first-order valence-corrected chi connectivity index (χ1v) is 17.9. The molecule has 3 aromatic rings. The molecule has 0 spiro atoms. The minimum atomic E-state index is -0.842. The van der Waals surface area contributed by atoms with Crippen molar-refractivity contribution in [1.29, 1.82) is 5.41 Å². The number of carbonyl (C=O) groups is 4. The number of aromatic nitrogens is 1. The fraction of sp³-hybridized carbons (Fsp3) is 0.400. The summed E-state index contributed by atoms with van der Waals surface area (Å²) in [6.07, 6.45) is 7.07. The molecule has 0 atom stereocenters. The molecule has 0 aliphatic heterocycles. The van der Waals surface area contributed by atoms with Crippen LogP contribution in [-0.2, 0) is 25.5 Å². The second kappa shape index (κ2) is 19.9. The smallest absolute Gasteiger partial charge is 0.412 e. The fourth-order valence-electron chi connectivity index (χ4n) is 5.24. The van der Waals surface area contributed by atoms with Crippen molar-refractivity contribution in [2.24, 2.45) is 11.8 Å². The van der Waals surface area contributed by atoms with Gasteiger partial charge in [-0.25, -0.2) is 14.6 Å². The topological polar surface area (TPSA) is 178 Å². The van der Waals surface area contributed by atoms with Crippen molar-refractivity contribution in [1.82, 2.24) is 15.6 Å². The van der Waals surface area contributed by atoms with Gasteiger partial charge in [-0.2, -0.15) is 0 Å². The van der Waals surface area contributed by atoms with E-state index in [1.807, 2.05) is 0 Å². The molecule has 53 heavy (non-hydrogen) atoms. The highest BCUT2D eigenvalue weighted by atomic mass is 16.7. The Labute approximate surface area is 310 Å². The van der Waals surface area contributed by atoms with Crippen LogP contribution in [0.2, 0.25) is 0 Å². The number of carbonyl (C=O) groups excluding carboxylic acids is 4. The molecule has 4 N–H and O–H groups in total. The van der Waals surface area contributed by atoms with E-state index in [-0.39, 0.29) is 23.7 Å². The molecule has 0 radical (unpaired) electrons. The van der Waals surface area contributed by atoms with Gasteiger partial charge in [0.15, 0.2) is 5.69 Å². The molecule has 1 aliphatic carbocycles. The Hall–Kier alpha value is -5.56. The van der Waals surface area contributed by atoms with Gasteiger partial charge in [0.1, 0.15) is 11.6 Å². The highest BCUT2D eigenvalue weighted by Gasteiger charge is 2.25. The molecular weight excluding hydrogens is 678 g/mol. The minimum Gasteiger partial charge on any atom is -0.496 e. The van der Waals surface area contributed by atoms with Gasteiger partial charge < -0.3 is 29.6 Å². The Morgan fingerprint density at radius 1 is 0.981 bits per heavy atom. The van der Waals surface area contributed by atoms with E-state index in [2.05, 4.69) is 34.4 Å². The van der Waals surface area contributed by atoms with E-state index in [1.54, 1.807) is 68.5 Å². The highest BCUT2D eigenvalue weighted by Crippen LogP contribution is 2.35. The zero-order valence-electron chi connectivity index (χ0n) is 30.8. The number of esters is 2. The number of methoxy groups -OCH3 is 1. The molecule has 4 rings (SSSR count). The molecule has 1 saturated carbocycles. The second-order valence-corrected chi connectivity index (χ2v) is 13.0. The lowest BCUT2D eigenvalue weighted by molar-refractivity contribution is -0.155. The molecule has 13 heteroatoms. The van der Waals surface area contributed by atoms with Gasteiger partial charge in [0.25, 0.3) is 5.91 Å². The first-order chi connectivity index (χ1) is 25.5. The number of amides is 2. The number of hydrogen-bond acceptors (Lipinski definition) is 11. The van der Waals surface area contributed by atoms with Gasteiger partial charge >= 0.3 is 18.0 Å². The first-order valence-electron chi connectivity index (χ1n) is 17.9. The highest BCUT2D eigenvalue weighted by molar-refractivity contribution is 6.11. The number of nitrogens with one attached hydrogen (secondary N) is 4. The van der Waals surface area contributed by atoms with E-state index >= 15 is 0 Å². The summed E-state index contributed by atoms with van der Waals surface area (Å²) in [5.74, 6) is -1.39. The van der Waals surface area contributed by atoms with E-state index in [0.29, 0.717) is 51.8 Å². The van der Waals surface area contributed by atoms with Gasteiger partial charge in [0, 0.05) is 40.0 Å². The van der Waals surface area contributed by atoms with Crippen molar-refractivity contribution in [3.05, 3.63) is 83.2 Å². The number of alkyl carbamates (subject to hydrolysis) is 1. The van der Waals surface area contributed by atoms with Crippen LogP contribution in [0.15, 0.2) is 55.1 Å². The molecule has 2 amide bonds. The standard InChI is InChI=1S/C40H49N5O8/c1-6-8-9-10-19-51-40(49)45-36(41)28-13-15-29(16-14-28)44-37(46)33-20-27(7-2)34(50-5)21-32(33)31-18-17-30(23-42-22-26-11-12-26)43-35(31)39(48)53-24-52-38(47)25(3)4/h7,13-18,20-21,25-26,42H,2,6,8-12,19,22-24H2,1,3-5H3,(H,44,46)(H2,41,45,49). The Bertz CT molecular complexity index is 1790. The summed E-state index contributed by atoms with van der Waals surface area (Å²) in [4.78, 5) is 56.3. The summed E-state index contributed by atoms with van der Waals surface area (Å²) in [5.41, 5.74) is 2.67. The Balaban J connectivity index is 1.58. The normalized spacial score (nSPS) is 12.1.